The number of likely N-dealkylation sites (tertiary alicyclic amines) is 1. The molecule has 3 rings (SSSR count). The van der Waals surface area contributed by atoms with Crippen molar-refractivity contribution < 1.29 is 29.3 Å². The Kier molecular flexibility index (Phi) is 5.05. The first kappa shape index (κ1) is 18.8. The van der Waals surface area contributed by atoms with E-state index in [0.717, 1.165) is 0 Å². The van der Waals surface area contributed by atoms with Gasteiger partial charge in [-0.15, -0.1) is 0 Å². The van der Waals surface area contributed by atoms with E-state index in [2.05, 4.69) is 4.74 Å². The standard InChI is InChI=1S/C19H25NO6/c1-18(24)12-19(26-11-15(18)21)7-9-20(10-8-19)16(22)13-3-5-14(6-4-13)17(23)25-2/h3-6,15,21,24H,7-12H2,1-2H3/t15-,18-/m0/s1. The number of piperidine rings is 1. The Morgan fingerprint density at radius 3 is 2.31 bits per heavy atom. The number of benzene rings is 1. The van der Waals surface area contributed by atoms with Gasteiger partial charge in [0.15, 0.2) is 0 Å². The van der Waals surface area contributed by atoms with Crippen molar-refractivity contribution in [2.24, 2.45) is 0 Å². The van der Waals surface area contributed by atoms with Gasteiger partial charge in [-0.25, -0.2) is 4.79 Å². The van der Waals surface area contributed by atoms with E-state index in [0.29, 0.717) is 43.5 Å². The number of ether oxygens (including phenoxy) is 2. The maximum atomic E-state index is 12.7. The maximum absolute atomic E-state index is 12.7. The summed E-state index contributed by atoms with van der Waals surface area (Å²) in [6, 6.07) is 6.40. The lowest BCUT2D eigenvalue weighted by atomic mass is 9.76. The number of hydrogen-bond donors (Lipinski definition) is 2. The van der Waals surface area contributed by atoms with Crippen LogP contribution in [0.5, 0.6) is 0 Å². The average molecular weight is 363 g/mol. The van der Waals surface area contributed by atoms with E-state index in [9.17, 15) is 19.8 Å². The molecular formula is C19H25NO6. The highest BCUT2D eigenvalue weighted by Crippen LogP contribution is 2.39. The molecule has 0 aliphatic carbocycles. The highest BCUT2D eigenvalue weighted by molar-refractivity contribution is 5.96. The van der Waals surface area contributed by atoms with Crippen molar-refractivity contribution >= 4 is 11.9 Å². The smallest absolute Gasteiger partial charge is 0.337 e. The second kappa shape index (κ2) is 6.98. The van der Waals surface area contributed by atoms with Crippen LogP contribution in [0.3, 0.4) is 0 Å². The first-order valence-electron chi connectivity index (χ1n) is 8.78. The monoisotopic (exact) mass is 363 g/mol. The Hall–Kier alpha value is -1.96. The molecule has 2 N–H and O–H groups in total. The number of amides is 1. The van der Waals surface area contributed by atoms with Gasteiger partial charge in [-0.05, 0) is 44.0 Å². The van der Waals surface area contributed by atoms with Gasteiger partial charge in [0, 0.05) is 25.1 Å². The Labute approximate surface area is 152 Å². The molecule has 1 spiro atoms. The molecule has 7 nitrogen and oxygen atoms in total. The zero-order chi connectivity index (χ0) is 18.9. The van der Waals surface area contributed by atoms with E-state index in [1.54, 1.807) is 36.1 Å². The molecule has 0 saturated carbocycles. The fourth-order valence-electron chi connectivity index (χ4n) is 3.74. The second-order valence-corrected chi connectivity index (χ2v) is 7.40. The molecular weight excluding hydrogens is 338 g/mol. The van der Waals surface area contributed by atoms with Crippen molar-refractivity contribution in [2.75, 3.05) is 26.8 Å². The zero-order valence-electron chi connectivity index (χ0n) is 15.1. The van der Waals surface area contributed by atoms with Gasteiger partial charge < -0.3 is 24.6 Å². The SMILES string of the molecule is COC(=O)c1ccc(C(=O)N2CCC3(CC2)C[C@](C)(O)[C@@H](O)CO3)cc1. The Bertz CT molecular complexity index is 676. The number of rotatable bonds is 2. The Balaban J connectivity index is 1.63. The van der Waals surface area contributed by atoms with Crippen LogP contribution in [0.15, 0.2) is 24.3 Å². The molecule has 142 valence electrons. The van der Waals surface area contributed by atoms with Gasteiger partial charge in [-0.3, -0.25) is 4.79 Å². The predicted molar refractivity (Wildman–Crippen MR) is 92.8 cm³/mol. The summed E-state index contributed by atoms with van der Waals surface area (Å²) >= 11 is 0. The van der Waals surface area contributed by atoms with E-state index in [4.69, 9.17) is 4.74 Å². The largest absolute Gasteiger partial charge is 0.465 e. The summed E-state index contributed by atoms with van der Waals surface area (Å²) < 4.78 is 10.5. The van der Waals surface area contributed by atoms with Crippen LogP contribution < -0.4 is 0 Å². The molecule has 0 radical (unpaired) electrons. The summed E-state index contributed by atoms with van der Waals surface area (Å²) in [4.78, 5) is 25.9. The van der Waals surface area contributed by atoms with Crippen molar-refractivity contribution in [2.45, 2.75) is 43.5 Å². The third kappa shape index (κ3) is 3.60. The van der Waals surface area contributed by atoms with Crippen molar-refractivity contribution in [3.05, 3.63) is 35.4 Å². The molecule has 1 aromatic carbocycles. The van der Waals surface area contributed by atoms with Crippen LogP contribution in [-0.4, -0.2) is 71.1 Å². The minimum atomic E-state index is -1.17. The van der Waals surface area contributed by atoms with Gasteiger partial charge in [0.2, 0.25) is 0 Å². The number of aliphatic hydroxyl groups excluding tert-OH is 1. The lowest BCUT2D eigenvalue weighted by Crippen LogP contribution is -2.59. The minimum Gasteiger partial charge on any atom is -0.465 e. The summed E-state index contributed by atoms with van der Waals surface area (Å²) in [5.74, 6) is -0.536. The normalized spacial score (nSPS) is 28.0. The van der Waals surface area contributed by atoms with E-state index >= 15 is 0 Å². The summed E-state index contributed by atoms with van der Waals surface area (Å²) in [6.07, 6.45) is 0.696. The average Bonchev–Trinajstić information content (AvgIpc) is 2.64. The summed E-state index contributed by atoms with van der Waals surface area (Å²) in [7, 11) is 1.31. The number of hydrogen-bond acceptors (Lipinski definition) is 6. The lowest BCUT2D eigenvalue weighted by molar-refractivity contribution is -0.221. The fraction of sp³-hybridized carbons (Fsp3) is 0.579. The number of methoxy groups -OCH3 is 1. The van der Waals surface area contributed by atoms with Crippen LogP contribution in [0, 0.1) is 0 Å². The number of aliphatic hydroxyl groups is 2. The molecule has 0 unspecified atom stereocenters. The lowest BCUT2D eigenvalue weighted by Gasteiger charge is -2.49. The van der Waals surface area contributed by atoms with Crippen LogP contribution >= 0.6 is 0 Å². The molecule has 2 fully saturated rings. The number of carbonyl (C=O) groups excluding carboxylic acids is 2. The van der Waals surface area contributed by atoms with Gasteiger partial charge in [0.25, 0.3) is 5.91 Å². The zero-order valence-corrected chi connectivity index (χ0v) is 15.1. The summed E-state index contributed by atoms with van der Waals surface area (Å²) in [5, 5.41) is 20.2. The number of carbonyl (C=O) groups is 2. The molecule has 7 heteroatoms. The third-order valence-corrected chi connectivity index (χ3v) is 5.46. The van der Waals surface area contributed by atoms with Crippen LogP contribution in [0.25, 0.3) is 0 Å². The number of nitrogens with zero attached hydrogens (tertiary/aromatic N) is 1. The van der Waals surface area contributed by atoms with Crippen LogP contribution in [0.1, 0.15) is 46.9 Å². The maximum Gasteiger partial charge on any atom is 0.337 e. The minimum absolute atomic E-state index is 0.0983. The topological polar surface area (TPSA) is 96.3 Å². The van der Waals surface area contributed by atoms with Crippen molar-refractivity contribution in [3.63, 3.8) is 0 Å². The first-order valence-corrected chi connectivity index (χ1v) is 8.78. The summed E-state index contributed by atoms with van der Waals surface area (Å²) in [6.45, 7) is 2.77. The first-order chi connectivity index (χ1) is 12.3. The molecule has 2 saturated heterocycles. The molecule has 2 aliphatic rings. The second-order valence-electron chi connectivity index (χ2n) is 7.40. The van der Waals surface area contributed by atoms with Crippen molar-refractivity contribution in [1.29, 1.82) is 0 Å². The van der Waals surface area contributed by atoms with E-state index in [1.807, 2.05) is 0 Å². The molecule has 1 amide bonds. The van der Waals surface area contributed by atoms with Gasteiger partial charge in [0.05, 0.1) is 30.5 Å². The molecule has 2 atom stereocenters. The summed E-state index contributed by atoms with van der Waals surface area (Å²) in [5.41, 5.74) is -0.749. The Morgan fingerprint density at radius 1 is 1.19 bits per heavy atom. The van der Waals surface area contributed by atoms with Crippen LogP contribution in [0.4, 0.5) is 0 Å². The molecule has 0 aromatic heterocycles. The molecule has 0 bridgehead atoms. The van der Waals surface area contributed by atoms with Gasteiger partial charge in [0.1, 0.15) is 6.10 Å². The van der Waals surface area contributed by atoms with Crippen molar-refractivity contribution in [3.8, 4) is 0 Å². The quantitative estimate of drug-likeness (QED) is 0.761. The van der Waals surface area contributed by atoms with Gasteiger partial charge in [-0.2, -0.15) is 0 Å². The Morgan fingerprint density at radius 2 is 1.77 bits per heavy atom. The highest BCUT2D eigenvalue weighted by atomic mass is 16.5. The van der Waals surface area contributed by atoms with Crippen molar-refractivity contribution in [1.82, 2.24) is 4.90 Å². The third-order valence-electron chi connectivity index (χ3n) is 5.46. The molecule has 1 aromatic rings. The fourth-order valence-corrected chi connectivity index (χ4v) is 3.74. The predicted octanol–water partition coefficient (Wildman–Crippen LogP) is 0.980. The van der Waals surface area contributed by atoms with Gasteiger partial charge >= 0.3 is 5.97 Å². The number of esters is 1. The molecule has 2 heterocycles. The van der Waals surface area contributed by atoms with E-state index in [1.165, 1.54) is 7.11 Å². The highest BCUT2D eigenvalue weighted by Gasteiger charge is 2.49. The van der Waals surface area contributed by atoms with E-state index in [-0.39, 0.29) is 12.5 Å². The van der Waals surface area contributed by atoms with E-state index < -0.39 is 23.3 Å². The molecule has 26 heavy (non-hydrogen) atoms. The molecule has 2 aliphatic heterocycles. The van der Waals surface area contributed by atoms with Crippen LogP contribution in [-0.2, 0) is 9.47 Å². The van der Waals surface area contributed by atoms with Crippen LogP contribution in [0.2, 0.25) is 0 Å². The van der Waals surface area contributed by atoms with Gasteiger partial charge in [-0.1, -0.05) is 0 Å².